The molecule has 2 N–H and O–H groups in total. The number of carbonyl (C=O) groups is 1. The number of nitrogens with one attached hydrogen (secondary N) is 2. The summed E-state index contributed by atoms with van der Waals surface area (Å²) in [6.45, 7) is 3.82. The first-order valence-corrected chi connectivity index (χ1v) is 5.32. The second kappa shape index (κ2) is 5.59. The quantitative estimate of drug-likeness (QED) is 0.438. The number of aryl methyl sites for hydroxylation is 2. The molecule has 1 unspecified atom stereocenters. The van der Waals surface area contributed by atoms with E-state index in [1.807, 2.05) is 25.3 Å². The van der Waals surface area contributed by atoms with Crippen molar-refractivity contribution in [2.24, 2.45) is 0 Å². The predicted octanol–water partition coefficient (Wildman–Crippen LogP) is 0.508. The first-order valence-electron chi connectivity index (χ1n) is 4.25. The van der Waals surface area contributed by atoms with Gasteiger partial charge in [0.25, 0.3) is 0 Å². The molecule has 0 spiro atoms. The van der Waals surface area contributed by atoms with E-state index in [2.05, 4.69) is 9.87 Å². The zero-order valence-electron chi connectivity index (χ0n) is 8.44. The van der Waals surface area contributed by atoms with Crippen molar-refractivity contribution in [2.45, 2.75) is 18.7 Å². The maximum atomic E-state index is 11.5. The van der Waals surface area contributed by atoms with Gasteiger partial charge in [-0.25, -0.2) is 4.21 Å². The Bertz CT molecular complexity index is 361. The SMILES string of the molecule is Cc1cc(C)cc(S(=O)ONNC=O)c1. The molecule has 0 fully saturated rings. The van der Waals surface area contributed by atoms with Crippen LogP contribution in [0.4, 0.5) is 0 Å². The van der Waals surface area contributed by atoms with Crippen LogP contribution < -0.4 is 11.0 Å². The molecule has 0 aliphatic carbocycles. The molecule has 0 bridgehead atoms. The molecule has 6 heteroatoms. The van der Waals surface area contributed by atoms with Crippen LogP contribution in [0.1, 0.15) is 11.1 Å². The van der Waals surface area contributed by atoms with Crippen LogP contribution in [0.2, 0.25) is 0 Å². The van der Waals surface area contributed by atoms with Gasteiger partial charge in [0, 0.05) is 0 Å². The molecular formula is C9H12N2O3S. The fourth-order valence-electron chi connectivity index (χ4n) is 1.16. The van der Waals surface area contributed by atoms with Crippen LogP contribution >= 0.6 is 0 Å². The Labute approximate surface area is 90.4 Å². The van der Waals surface area contributed by atoms with Crippen molar-refractivity contribution in [3.05, 3.63) is 29.3 Å². The highest BCUT2D eigenvalue weighted by molar-refractivity contribution is 7.80. The van der Waals surface area contributed by atoms with E-state index in [-0.39, 0.29) is 0 Å². The first kappa shape index (κ1) is 11.8. The summed E-state index contributed by atoms with van der Waals surface area (Å²) in [4.78, 5) is 10.4. The molecule has 0 aliphatic heterocycles. The van der Waals surface area contributed by atoms with Crippen LogP contribution in [0.3, 0.4) is 0 Å². The van der Waals surface area contributed by atoms with Gasteiger partial charge in [0.2, 0.25) is 17.5 Å². The van der Waals surface area contributed by atoms with Gasteiger partial charge in [-0.2, -0.15) is 4.28 Å². The molecule has 15 heavy (non-hydrogen) atoms. The molecule has 1 rings (SSSR count). The van der Waals surface area contributed by atoms with Gasteiger partial charge in [-0.15, -0.1) is 0 Å². The number of carbonyl (C=O) groups excluding carboxylic acids is 1. The van der Waals surface area contributed by atoms with Crippen LogP contribution in [0, 0.1) is 13.8 Å². The van der Waals surface area contributed by atoms with Crippen molar-refractivity contribution in [3.63, 3.8) is 0 Å². The number of hydrazine groups is 1. The highest BCUT2D eigenvalue weighted by atomic mass is 32.2. The largest absolute Gasteiger partial charge is 0.277 e. The number of amides is 1. The van der Waals surface area contributed by atoms with Gasteiger partial charge in [-0.05, 0) is 37.1 Å². The number of hydrogen-bond acceptors (Lipinski definition) is 4. The Hall–Kier alpha value is -1.24. The molecule has 1 atom stereocenters. The highest BCUT2D eigenvalue weighted by Crippen LogP contribution is 2.12. The summed E-state index contributed by atoms with van der Waals surface area (Å²) < 4.78 is 16.2. The summed E-state index contributed by atoms with van der Waals surface area (Å²) in [5.74, 6) is 0. The van der Waals surface area contributed by atoms with Crippen LogP contribution in [-0.2, 0) is 20.2 Å². The molecule has 0 saturated carbocycles. The van der Waals surface area contributed by atoms with Gasteiger partial charge in [0.15, 0.2) is 0 Å². The Morgan fingerprint density at radius 2 is 1.87 bits per heavy atom. The number of hydrogen-bond donors (Lipinski definition) is 2. The Kier molecular flexibility index (Phi) is 4.41. The van der Waals surface area contributed by atoms with Crippen LogP contribution in [-0.4, -0.2) is 10.6 Å². The molecule has 5 nitrogen and oxygen atoms in total. The standard InChI is InChI=1S/C9H12N2O3S/c1-7-3-8(2)5-9(4-7)15(13)14-11-10-6-12/h3-6,11H,1-2H3,(H,10,12). The summed E-state index contributed by atoms with van der Waals surface area (Å²) in [6.07, 6.45) is 0.388. The summed E-state index contributed by atoms with van der Waals surface area (Å²) in [6, 6.07) is 5.48. The molecule has 1 aromatic carbocycles. The third-order valence-corrected chi connectivity index (χ3v) is 2.48. The average molecular weight is 228 g/mol. The molecule has 0 aliphatic rings. The summed E-state index contributed by atoms with van der Waals surface area (Å²) in [5.41, 5.74) is 6.10. The van der Waals surface area contributed by atoms with E-state index in [9.17, 15) is 9.00 Å². The first-order chi connectivity index (χ1) is 7.13. The van der Waals surface area contributed by atoms with E-state index >= 15 is 0 Å². The smallest absolute Gasteiger partial charge is 0.223 e. The van der Waals surface area contributed by atoms with E-state index in [4.69, 9.17) is 0 Å². The molecule has 1 aromatic rings. The fraction of sp³-hybridized carbons (Fsp3) is 0.222. The normalized spacial score (nSPS) is 12.1. The van der Waals surface area contributed by atoms with Gasteiger partial charge < -0.3 is 0 Å². The molecular weight excluding hydrogens is 216 g/mol. The minimum atomic E-state index is -1.64. The topological polar surface area (TPSA) is 67.4 Å². The van der Waals surface area contributed by atoms with Crippen LogP contribution in [0.15, 0.2) is 23.1 Å². The lowest BCUT2D eigenvalue weighted by Crippen LogP contribution is -2.31. The lowest BCUT2D eigenvalue weighted by Gasteiger charge is -2.05. The van der Waals surface area contributed by atoms with Crippen molar-refractivity contribution in [1.29, 1.82) is 0 Å². The average Bonchev–Trinajstić information content (AvgIpc) is 2.16. The molecule has 82 valence electrons. The van der Waals surface area contributed by atoms with Crippen molar-refractivity contribution in [2.75, 3.05) is 0 Å². The van der Waals surface area contributed by atoms with Crippen LogP contribution in [0.25, 0.3) is 0 Å². The highest BCUT2D eigenvalue weighted by Gasteiger charge is 2.05. The monoisotopic (exact) mass is 228 g/mol. The zero-order chi connectivity index (χ0) is 11.3. The lowest BCUT2D eigenvalue weighted by molar-refractivity contribution is -0.112. The van der Waals surface area contributed by atoms with Crippen molar-refractivity contribution >= 4 is 17.5 Å². The zero-order valence-corrected chi connectivity index (χ0v) is 9.26. The van der Waals surface area contributed by atoms with Gasteiger partial charge in [-0.1, -0.05) is 11.7 Å². The molecule has 0 aromatic heterocycles. The second-order valence-electron chi connectivity index (χ2n) is 3.01. The number of benzene rings is 1. The Balaban J connectivity index is 2.69. The lowest BCUT2D eigenvalue weighted by atomic mass is 10.2. The second-order valence-corrected chi connectivity index (χ2v) is 4.11. The van der Waals surface area contributed by atoms with E-state index < -0.39 is 11.1 Å². The van der Waals surface area contributed by atoms with Gasteiger partial charge in [0.05, 0.1) is 4.90 Å². The van der Waals surface area contributed by atoms with Crippen molar-refractivity contribution in [1.82, 2.24) is 11.0 Å². The molecule has 1 amide bonds. The Morgan fingerprint density at radius 3 is 2.40 bits per heavy atom. The van der Waals surface area contributed by atoms with E-state index in [1.165, 1.54) is 0 Å². The maximum Gasteiger partial charge on any atom is 0.223 e. The summed E-state index contributed by atoms with van der Waals surface area (Å²) >= 11 is -1.64. The van der Waals surface area contributed by atoms with E-state index in [1.54, 1.807) is 12.1 Å². The van der Waals surface area contributed by atoms with Crippen molar-refractivity contribution < 1.29 is 13.3 Å². The van der Waals surface area contributed by atoms with Crippen LogP contribution in [0.5, 0.6) is 0 Å². The van der Waals surface area contributed by atoms with Crippen molar-refractivity contribution in [3.8, 4) is 0 Å². The fourth-order valence-corrected chi connectivity index (χ4v) is 1.95. The molecule has 0 radical (unpaired) electrons. The van der Waals surface area contributed by atoms with Gasteiger partial charge in [-0.3, -0.25) is 10.2 Å². The summed E-state index contributed by atoms with van der Waals surface area (Å²) in [5, 5.41) is 0. The predicted molar refractivity (Wildman–Crippen MR) is 55.7 cm³/mol. The van der Waals surface area contributed by atoms with E-state index in [0.717, 1.165) is 11.1 Å². The van der Waals surface area contributed by atoms with E-state index in [0.29, 0.717) is 11.3 Å². The third-order valence-electron chi connectivity index (χ3n) is 1.62. The molecule has 0 saturated heterocycles. The Morgan fingerprint density at radius 1 is 1.27 bits per heavy atom. The van der Waals surface area contributed by atoms with Gasteiger partial charge >= 0.3 is 0 Å². The maximum absolute atomic E-state index is 11.5. The molecule has 0 heterocycles. The number of rotatable bonds is 5. The third kappa shape index (κ3) is 3.78. The minimum absolute atomic E-state index is 0.388. The minimum Gasteiger partial charge on any atom is -0.277 e. The van der Waals surface area contributed by atoms with Gasteiger partial charge in [0.1, 0.15) is 0 Å². The summed E-state index contributed by atoms with van der Waals surface area (Å²) in [7, 11) is 0.